The molecule has 7 nitrogen and oxygen atoms in total. The Hall–Kier alpha value is -2.96. The van der Waals surface area contributed by atoms with Crippen molar-refractivity contribution in [2.75, 3.05) is 18.5 Å². The second-order valence-electron chi connectivity index (χ2n) is 6.37. The Bertz CT molecular complexity index is 770. The molecule has 1 aliphatic heterocycles. The number of furan rings is 1. The van der Waals surface area contributed by atoms with E-state index < -0.39 is 11.9 Å². The monoisotopic (exact) mass is 358 g/mol. The van der Waals surface area contributed by atoms with Crippen LogP contribution in [0.15, 0.2) is 41.0 Å². The number of anilines is 1. The molecule has 0 radical (unpaired) electrons. The van der Waals surface area contributed by atoms with Crippen LogP contribution in [0.25, 0.3) is 0 Å². The number of carbonyl (C=O) groups excluding carboxylic acids is 2. The van der Waals surface area contributed by atoms with E-state index in [0.717, 1.165) is 6.42 Å². The number of fused-ring (bicyclic) bond motifs is 1. The first kappa shape index (κ1) is 17.8. The maximum atomic E-state index is 12.7. The summed E-state index contributed by atoms with van der Waals surface area (Å²) in [5.41, 5.74) is 0.581. The molecule has 26 heavy (non-hydrogen) atoms. The Morgan fingerprint density at radius 1 is 1.08 bits per heavy atom. The van der Waals surface area contributed by atoms with Crippen molar-refractivity contribution in [1.82, 2.24) is 5.32 Å². The van der Waals surface area contributed by atoms with Gasteiger partial charge in [0, 0.05) is 18.2 Å². The molecule has 0 spiro atoms. The van der Waals surface area contributed by atoms with Crippen molar-refractivity contribution in [2.45, 2.75) is 26.3 Å². The molecule has 1 aliphatic rings. The largest absolute Gasteiger partial charge is 0.490 e. The summed E-state index contributed by atoms with van der Waals surface area (Å²) < 4.78 is 16.3. The quantitative estimate of drug-likeness (QED) is 0.858. The van der Waals surface area contributed by atoms with Gasteiger partial charge in [-0.2, -0.15) is 0 Å². The number of benzene rings is 1. The van der Waals surface area contributed by atoms with E-state index in [2.05, 4.69) is 10.6 Å². The molecule has 1 aromatic heterocycles. The summed E-state index contributed by atoms with van der Waals surface area (Å²) in [5, 5.41) is 5.54. The van der Waals surface area contributed by atoms with Crippen molar-refractivity contribution in [3.8, 4) is 11.5 Å². The number of nitrogens with one attached hydrogen (secondary N) is 2. The standard InChI is InChI=1S/C19H22N2O5/c1-12(2)17(21-18(22)15-5-3-8-25-15)19(23)20-13-6-7-14-16(11-13)26-10-4-9-24-14/h3,5-8,11-12,17H,4,9-10H2,1-2H3,(H,20,23)(H,21,22). The molecule has 1 aromatic carbocycles. The maximum Gasteiger partial charge on any atom is 0.287 e. The van der Waals surface area contributed by atoms with Gasteiger partial charge in [-0.05, 0) is 30.2 Å². The summed E-state index contributed by atoms with van der Waals surface area (Å²) in [6.45, 7) is 4.90. The molecular formula is C19H22N2O5. The van der Waals surface area contributed by atoms with Gasteiger partial charge in [0.25, 0.3) is 5.91 Å². The smallest absolute Gasteiger partial charge is 0.287 e. The van der Waals surface area contributed by atoms with Gasteiger partial charge >= 0.3 is 0 Å². The Morgan fingerprint density at radius 3 is 2.54 bits per heavy atom. The number of rotatable bonds is 5. The zero-order valence-electron chi connectivity index (χ0n) is 14.8. The van der Waals surface area contributed by atoms with Crippen molar-refractivity contribution >= 4 is 17.5 Å². The third-order valence-electron chi connectivity index (χ3n) is 4.00. The number of carbonyl (C=O) groups is 2. The second kappa shape index (κ2) is 7.95. The minimum Gasteiger partial charge on any atom is -0.490 e. The summed E-state index contributed by atoms with van der Waals surface area (Å²) in [5.74, 6) is 0.582. The third-order valence-corrected chi connectivity index (χ3v) is 4.00. The predicted molar refractivity (Wildman–Crippen MR) is 95.5 cm³/mol. The lowest BCUT2D eigenvalue weighted by Crippen LogP contribution is -2.47. The number of hydrogen-bond donors (Lipinski definition) is 2. The van der Waals surface area contributed by atoms with Crippen LogP contribution in [-0.4, -0.2) is 31.1 Å². The average Bonchev–Trinajstić information content (AvgIpc) is 3.05. The van der Waals surface area contributed by atoms with Crippen LogP contribution in [0.3, 0.4) is 0 Å². The van der Waals surface area contributed by atoms with Gasteiger partial charge in [0.1, 0.15) is 6.04 Å². The van der Waals surface area contributed by atoms with E-state index in [0.29, 0.717) is 30.4 Å². The van der Waals surface area contributed by atoms with Crippen LogP contribution in [0.4, 0.5) is 5.69 Å². The van der Waals surface area contributed by atoms with Crippen LogP contribution < -0.4 is 20.1 Å². The minimum atomic E-state index is -0.705. The van der Waals surface area contributed by atoms with Crippen LogP contribution in [0, 0.1) is 5.92 Å². The molecule has 2 amide bonds. The van der Waals surface area contributed by atoms with E-state index in [9.17, 15) is 9.59 Å². The van der Waals surface area contributed by atoms with Gasteiger partial charge in [-0.1, -0.05) is 13.8 Å². The normalized spacial score (nSPS) is 14.4. The lowest BCUT2D eigenvalue weighted by Gasteiger charge is -2.21. The van der Waals surface area contributed by atoms with Crippen LogP contribution in [-0.2, 0) is 4.79 Å². The van der Waals surface area contributed by atoms with E-state index in [4.69, 9.17) is 13.9 Å². The van der Waals surface area contributed by atoms with E-state index in [1.165, 1.54) is 6.26 Å². The molecule has 2 N–H and O–H groups in total. The molecule has 1 atom stereocenters. The van der Waals surface area contributed by atoms with Crippen LogP contribution in [0.5, 0.6) is 11.5 Å². The first-order chi connectivity index (χ1) is 12.5. The van der Waals surface area contributed by atoms with Gasteiger partial charge in [0.15, 0.2) is 17.3 Å². The van der Waals surface area contributed by atoms with Crippen LogP contribution in [0.1, 0.15) is 30.8 Å². The van der Waals surface area contributed by atoms with E-state index in [1.54, 1.807) is 30.3 Å². The van der Waals surface area contributed by atoms with Crippen molar-refractivity contribution in [1.29, 1.82) is 0 Å². The van der Waals surface area contributed by atoms with Gasteiger partial charge in [-0.3, -0.25) is 9.59 Å². The topological polar surface area (TPSA) is 89.8 Å². The summed E-state index contributed by atoms with van der Waals surface area (Å²) >= 11 is 0. The summed E-state index contributed by atoms with van der Waals surface area (Å²) in [6.07, 6.45) is 2.22. The van der Waals surface area contributed by atoms with Gasteiger partial charge in [-0.25, -0.2) is 0 Å². The fourth-order valence-electron chi connectivity index (χ4n) is 2.62. The zero-order chi connectivity index (χ0) is 18.5. The average molecular weight is 358 g/mol. The van der Waals surface area contributed by atoms with Crippen molar-refractivity contribution in [2.24, 2.45) is 5.92 Å². The maximum absolute atomic E-state index is 12.7. The molecule has 7 heteroatoms. The lowest BCUT2D eigenvalue weighted by atomic mass is 10.0. The summed E-state index contributed by atoms with van der Waals surface area (Å²) in [7, 11) is 0. The van der Waals surface area contributed by atoms with Gasteiger partial charge in [0.05, 0.1) is 19.5 Å². The van der Waals surface area contributed by atoms with Crippen LogP contribution >= 0.6 is 0 Å². The molecule has 0 saturated carbocycles. The fraction of sp³-hybridized carbons (Fsp3) is 0.368. The van der Waals surface area contributed by atoms with Crippen molar-refractivity contribution in [3.63, 3.8) is 0 Å². The van der Waals surface area contributed by atoms with Gasteiger partial charge in [-0.15, -0.1) is 0 Å². The molecule has 0 bridgehead atoms. The highest BCUT2D eigenvalue weighted by Crippen LogP contribution is 2.32. The molecule has 2 heterocycles. The first-order valence-electron chi connectivity index (χ1n) is 8.59. The molecule has 138 valence electrons. The molecular weight excluding hydrogens is 336 g/mol. The summed E-state index contributed by atoms with van der Waals surface area (Å²) in [4.78, 5) is 24.9. The zero-order valence-corrected chi connectivity index (χ0v) is 14.8. The highest BCUT2D eigenvalue weighted by molar-refractivity contribution is 6.00. The number of hydrogen-bond acceptors (Lipinski definition) is 5. The third kappa shape index (κ3) is 4.17. The highest BCUT2D eigenvalue weighted by Gasteiger charge is 2.26. The Balaban J connectivity index is 1.70. The Morgan fingerprint density at radius 2 is 1.85 bits per heavy atom. The fourth-order valence-corrected chi connectivity index (χ4v) is 2.62. The van der Waals surface area contributed by atoms with Crippen molar-refractivity contribution < 1.29 is 23.5 Å². The second-order valence-corrected chi connectivity index (χ2v) is 6.37. The van der Waals surface area contributed by atoms with Crippen molar-refractivity contribution in [3.05, 3.63) is 42.4 Å². The van der Waals surface area contributed by atoms with E-state index in [1.807, 2.05) is 13.8 Å². The van der Waals surface area contributed by atoms with Gasteiger partial charge in [0.2, 0.25) is 5.91 Å². The minimum absolute atomic E-state index is 0.102. The summed E-state index contributed by atoms with van der Waals surface area (Å²) in [6, 6.07) is 7.71. The van der Waals surface area contributed by atoms with Crippen LogP contribution in [0.2, 0.25) is 0 Å². The Labute approximate surface area is 151 Å². The molecule has 0 aliphatic carbocycles. The molecule has 0 fully saturated rings. The Kier molecular flexibility index (Phi) is 5.46. The highest BCUT2D eigenvalue weighted by atomic mass is 16.5. The molecule has 0 saturated heterocycles. The lowest BCUT2D eigenvalue weighted by molar-refractivity contribution is -0.118. The molecule has 1 unspecified atom stereocenters. The predicted octanol–water partition coefficient (Wildman–Crippen LogP) is 2.83. The molecule has 3 rings (SSSR count). The van der Waals surface area contributed by atoms with E-state index >= 15 is 0 Å². The SMILES string of the molecule is CC(C)C(NC(=O)c1ccco1)C(=O)Nc1ccc2c(c1)OCCCO2. The van der Waals surface area contributed by atoms with E-state index in [-0.39, 0.29) is 17.6 Å². The first-order valence-corrected chi connectivity index (χ1v) is 8.59. The molecule has 2 aromatic rings. The number of ether oxygens (including phenoxy) is 2. The number of amides is 2. The van der Waals surface area contributed by atoms with Gasteiger partial charge < -0.3 is 24.5 Å².